The van der Waals surface area contributed by atoms with Crippen LogP contribution in [0.4, 0.5) is 4.39 Å². The standard InChI is InChI=1S/C18H13ClFN5O2/c1-10-16(18-21-17(23-27-18)12-5-3-4-6-13(12)20)22-24-25(10)14-9-11(19)7-8-15(14)26-2/h3-9H,1-2H3. The van der Waals surface area contributed by atoms with Crippen molar-refractivity contribution >= 4 is 11.6 Å². The van der Waals surface area contributed by atoms with Crippen molar-refractivity contribution in [3.05, 3.63) is 59.0 Å². The van der Waals surface area contributed by atoms with Gasteiger partial charge in [-0.1, -0.05) is 34.1 Å². The van der Waals surface area contributed by atoms with Gasteiger partial charge < -0.3 is 9.26 Å². The van der Waals surface area contributed by atoms with Crippen molar-refractivity contribution in [1.29, 1.82) is 0 Å². The van der Waals surface area contributed by atoms with Crippen molar-refractivity contribution in [2.24, 2.45) is 0 Å². The Kier molecular flexibility index (Phi) is 4.33. The van der Waals surface area contributed by atoms with Gasteiger partial charge in [0.2, 0.25) is 5.82 Å². The van der Waals surface area contributed by atoms with E-state index in [1.807, 2.05) is 0 Å². The van der Waals surface area contributed by atoms with E-state index in [2.05, 4.69) is 20.5 Å². The molecule has 0 saturated heterocycles. The van der Waals surface area contributed by atoms with Crippen molar-refractivity contribution in [2.75, 3.05) is 7.11 Å². The molecule has 0 aliphatic heterocycles. The van der Waals surface area contributed by atoms with Gasteiger partial charge >= 0.3 is 0 Å². The zero-order valence-electron chi connectivity index (χ0n) is 14.3. The smallest absolute Gasteiger partial charge is 0.280 e. The molecule has 136 valence electrons. The minimum Gasteiger partial charge on any atom is -0.494 e. The third-order valence-electron chi connectivity index (χ3n) is 4.01. The minimum absolute atomic E-state index is 0.136. The maximum absolute atomic E-state index is 13.9. The lowest BCUT2D eigenvalue weighted by Crippen LogP contribution is -2.02. The summed E-state index contributed by atoms with van der Waals surface area (Å²) in [7, 11) is 1.55. The fraction of sp³-hybridized carbons (Fsp3) is 0.111. The van der Waals surface area contributed by atoms with Gasteiger partial charge in [-0.15, -0.1) is 5.10 Å². The van der Waals surface area contributed by atoms with Crippen molar-refractivity contribution in [3.8, 4) is 34.4 Å². The van der Waals surface area contributed by atoms with Gasteiger partial charge in [0.25, 0.3) is 5.89 Å². The molecule has 0 unspecified atom stereocenters. The van der Waals surface area contributed by atoms with Gasteiger partial charge in [0.15, 0.2) is 5.69 Å². The lowest BCUT2D eigenvalue weighted by molar-refractivity contribution is 0.411. The summed E-state index contributed by atoms with van der Waals surface area (Å²) in [6, 6.07) is 11.4. The second-order valence-electron chi connectivity index (χ2n) is 5.65. The van der Waals surface area contributed by atoms with Crippen molar-refractivity contribution in [3.63, 3.8) is 0 Å². The highest BCUT2D eigenvalue weighted by Gasteiger charge is 2.21. The summed E-state index contributed by atoms with van der Waals surface area (Å²) in [5.74, 6) is 0.417. The second kappa shape index (κ2) is 6.81. The highest BCUT2D eigenvalue weighted by atomic mass is 35.5. The van der Waals surface area contributed by atoms with Crippen LogP contribution in [0.2, 0.25) is 5.02 Å². The fourth-order valence-corrected chi connectivity index (χ4v) is 2.82. The molecule has 0 fully saturated rings. The van der Waals surface area contributed by atoms with Crippen LogP contribution in [-0.4, -0.2) is 32.2 Å². The Labute approximate surface area is 158 Å². The summed E-state index contributed by atoms with van der Waals surface area (Å²) in [5.41, 5.74) is 1.88. The Morgan fingerprint density at radius 1 is 1.19 bits per heavy atom. The lowest BCUT2D eigenvalue weighted by Gasteiger charge is -2.09. The first-order valence-electron chi connectivity index (χ1n) is 7.93. The molecular weight excluding hydrogens is 373 g/mol. The van der Waals surface area contributed by atoms with Gasteiger partial charge in [0.1, 0.15) is 17.3 Å². The molecule has 0 N–H and O–H groups in total. The third-order valence-corrected chi connectivity index (χ3v) is 4.24. The maximum atomic E-state index is 13.9. The number of hydrogen-bond acceptors (Lipinski definition) is 6. The Hall–Kier alpha value is -3.26. The molecule has 4 aromatic rings. The molecule has 0 radical (unpaired) electrons. The van der Waals surface area contributed by atoms with E-state index in [9.17, 15) is 4.39 Å². The van der Waals surface area contributed by atoms with Crippen LogP contribution in [0.3, 0.4) is 0 Å². The Morgan fingerprint density at radius 3 is 2.78 bits per heavy atom. The first-order chi connectivity index (χ1) is 13.1. The SMILES string of the molecule is COc1ccc(Cl)cc1-n1nnc(-c2nc(-c3ccccc3F)no2)c1C. The Balaban J connectivity index is 1.76. The molecule has 0 atom stereocenters. The van der Waals surface area contributed by atoms with Crippen molar-refractivity contribution in [2.45, 2.75) is 6.92 Å². The molecule has 0 saturated carbocycles. The Morgan fingerprint density at radius 2 is 2.00 bits per heavy atom. The van der Waals surface area contributed by atoms with Gasteiger partial charge in [-0.3, -0.25) is 0 Å². The number of hydrogen-bond donors (Lipinski definition) is 0. The van der Waals surface area contributed by atoms with Gasteiger partial charge in [0, 0.05) is 5.02 Å². The molecule has 2 aromatic carbocycles. The molecule has 2 heterocycles. The molecule has 2 aromatic heterocycles. The average molecular weight is 386 g/mol. The summed E-state index contributed by atoms with van der Waals surface area (Å²) in [5, 5.41) is 12.6. The van der Waals surface area contributed by atoms with E-state index in [1.54, 1.807) is 55.1 Å². The normalized spacial score (nSPS) is 11.0. The summed E-state index contributed by atoms with van der Waals surface area (Å²) < 4.78 is 26.1. The number of ether oxygens (including phenoxy) is 1. The highest BCUT2D eigenvalue weighted by Crippen LogP contribution is 2.30. The van der Waals surface area contributed by atoms with E-state index in [0.717, 1.165) is 0 Å². The van der Waals surface area contributed by atoms with Gasteiger partial charge in [-0.05, 0) is 37.3 Å². The van der Waals surface area contributed by atoms with Crippen LogP contribution in [0, 0.1) is 12.7 Å². The molecule has 4 rings (SSSR count). The number of methoxy groups -OCH3 is 1. The van der Waals surface area contributed by atoms with Gasteiger partial charge in [-0.2, -0.15) is 4.98 Å². The maximum Gasteiger partial charge on any atom is 0.280 e. The topological polar surface area (TPSA) is 78.9 Å². The molecule has 27 heavy (non-hydrogen) atoms. The summed E-state index contributed by atoms with van der Waals surface area (Å²) >= 11 is 6.09. The monoisotopic (exact) mass is 385 g/mol. The number of benzene rings is 2. The zero-order valence-corrected chi connectivity index (χ0v) is 15.1. The highest BCUT2D eigenvalue weighted by molar-refractivity contribution is 6.30. The van der Waals surface area contributed by atoms with Crippen LogP contribution >= 0.6 is 11.6 Å². The minimum atomic E-state index is -0.436. The third kappa shape index (κ3) is 3.04. The number of halogens is 2. The van der Waals surface area contributed by atoms with Crippen molar-refractivity contribution < 1.29 is 13.7 Å². The average Bonchev–Trinajstić information content (AvgIpc) is 3.28. The van der Waals surface area contributed by atoms with Crippen molar-refractivity contribution in [1.82, 2.24) is 25.1 Å². The first kappa shape index (κ1) is 17.2. The molecular formula is C18H13ClFN5O2. The van der Waals surface area contributed by atoms with Crippen LogP contribution in [-0.2, 0) is 0 Å². The zero-order chi connectivity index (χ0) is 19.0. The van der Waals surface area contributed by atoms with Crippen LogP contribution in [0.15, 0.2) is 47.0 Å². The van der Waals surface area contributed by atoms with E-state index >= 15 is 0 Å². The van der Waals surface area contributed by atoms with E-state index in [-0.39, 0.29) is 17.3 Å². The van der Waals surface area contributed by atoms with Crippen LogP contribution < -0.4 is 4.74 Å². The van der Waals surface area contributed by atoms with Gasteiger partial charge in [-0.25, -0.2) is 9.07 Å². The number of nitrogens with zero attached hydrogens (tertiary/aromatic N) is 5. The predicted molar refractivity (Wildman–Crippen MR) is 96.3 cm³/mol. The fourth-order valence-electron chi connectivity index (χ4n) is 2.66. The van der Waals surface area contributed by atoms with Crippen LogP contribution in [0.25, 0.3) is 28.7 Å². The largest absolute Gasteiger partial charge is 0.494 e. The number of rotatable bonds is 4. The molecule has 0 bridgehead atoms. The molecule has 0 spiro atoms. The molecule has 9 heteroatoms. The van der Waals surface area contributed by atoms with E-state index < -0.39 is 5.82 Å². The lowest BCUT2D eigenvalue weighted by atomic mass is 10.2. The number of aromatic nitrogens is 5. The molecule has 0 aliphatic carbocycles. The van der Waals surface area contributed by atoms with Gasteiger partial charge in [0.05, 0.1) is 18.4 Å². The predicted octanol–water partition coefficient (Wildman–Crippen LogP) is 4.09. The van der Waals surface area contributed by atoms with E-state index in [1.165, 1.54) is 6.07 Å². The van der Waals surface area contributed by atoms with E-state index in [4.69, 9.17) is 20.9 Å². The first-order valence-corrected chi connectivity index (χ1v) is 8.31. The summed E-state index contributed by atoms with van der Waals surface area (Å²) in [4.78, 5) is 4.25. The Bertz CT molecular complexity index is 1120. The quantitative estimate of drug-likeness (QED) is 0.526. The second-order valence-corrected chi connectivity index (χ2v) is 6.09. The molecule has 0 amide bonds. The molecule has 7 nitrogen and oxygen atoms in total. The van der Waals surface area contributed by atoms with Crippen LogP contribution in [0.5, 0.6) is 5.75 Å². The van der Waals surface area contributed by atoms with E-state index in [0.29, 0.717) is 27.8 Å². The summed E-state index contributed by atoms with van der Waals surface area (Å²) in [6.07, 6.45) is 0. The molecule has 0 aliphatic rings. The summed E-state index contributed by atoms with van der Waals surface area (Å²) in [6.45, 7) is 1.79. The van der Waals surface area contributed by atoms with Crippen LogP contribution in [0.1, 0.15) is 5.69 Å².